The highest BCUT2D eigenvalue weighted by Gasteiger charge is 2.23. The molecule has 3 rings (SSSR count). The lowest BCUT2D eigenvalue weighted by Crippen LogP contribution is -2.35. The fourth-order valence-corrected chi connectivity index (χ4v) is 5.02. The Morgan fingerprint density at radius 1 is 1.43 bits per heavy atom. The predicted molar refractivity (Wildman–Crippen MR) is 125 cm³/mol. The molecular formula is C22H31ClN4O2S. The maximum atomic E-state index is 12.5. The Morgan fingerprint density at radius 3 is 2.90 bits per heavy atom. The van der Waals surface area contributed by atoms with E-state index < -0.39 is 0 Å². The normalized spacial score (nSPS) is 17.0. The van der Waals surface area contributed by atoms with Crippen molar-refractivity contribution in [2.24, 2.45) is 5.92 Å². The van der Waals surface area contributed by atoms with E-state index in [1.54, 1.807) is 18.4 Å². The summed E-state index contributed by atoms with van der Waals surface area (Å²) < 4.78 is 5.22. The van der Waals surface area contributed by atoms with Crippen LogP contribution >= 0.6 is 22.9 Å². The molecule has 1 aliphatic heterocycles. The van der Waals surface area contributed by atoms with Crippen molar-refractivity contribution in [2.75, 3.05) is 44.5 Å². The van der Waals surface area contributed by atoms with E-state index >= 15 is 0 Å². The smallest absolute Gasteiger partial charge is 0.224 e. The average Bonchev–Trinajstić information content (AvgIpc) is 3.09. The third-order valence-electron chi connectivity index (χ3n) is 5.48. The second kappa shape index (κ2) is 10.5. The Morgan fingerprint density at radius 2 is 2.23 bits per heavy atom. The van der Waals surface area contributed by atoms with Crippen LogP contribution in [0.5, 0.6) is 5.75 Å². The number of thiazole rings is 1. The number of ether oxygens (including phenoxy) is 1. The number of methoxy groups -OCH3 is 1. The summed E-state index contributed by atoms with van der Waals surface area (Å²) in [5.74, 6) is 1.40. The van der Waals surface area contributed by atoms with Crippen LogP contribution in [0.3, 0.4) is 0 Å². The Kier molecular flexibility index (Phi) is 7.97. The van der Waals surface area contributed by atoms with Gasteiger partial charge in [-0.05, 0) is 62.4 Å². The van der Waals surface area contributed by atoms with Gasteiger partial charge >= 0.3 is 0 Å². The summed E-state index contributed by atoms with van der Waals surface area (Å²) in [4.78, 5) is 22.4. The van der Waals surface area contributed by atoms with Crippen molar-refractivity contribution in [1.29, 1.82) is 0 Å². The summed E-state index contributed by atoms with van der Waals surface area (Å²) in [6.45, 7) is 4.88. The number of carbonyl (C=O) groups is 1. The number of hydrogen-bond acceptors (Lipinski definition) is 6. The second-order valence-corrected chi connectivity index (χ2v) is 9.54. The molecule has 6 nitrogen and oxygen atoms in total. The summed E-state index contributed by atoms with van der Waals surface area (Å²) in [6, 6.07) is 5.70. The van der Waals surface area contributed by atoms with Crippen LogP contribution in [0.4, 0.5) is 10.8 Å². The monoisotopic (exact) mass is 450 g/mol. The number of piperidine rings is 1. The minimum absolute atomic E-state index is 0.0708. The van der Waals surface area contributed by atoms with Crippen LogP contribution in [0.2, 0.25) is 5.15 Å². The molecule has 8 heteroatoms. The van der Waals surface area contributed by atoms with Crippen molar-refractivity contribution in [3.63, 3.8) is 0 Å². The van der Waals surface area contributed by atoms with E-state index in [1.807, 2.05) is 44.1 Å². The van der Waals surface area contributed by atoms with Crippen molar-refractivity contribution in [3.05, 3.63) is 33.8 Å². The lowest BCUT2D eigenvalue weighted by Gasteiger charge is -2.32. The minimum Gasteiger partial charge on any atom is -0.497 e. The van der Waals surface area contributed by atoms with E-state index in [1.165, 1.54) is 6.42 Å². The highest BCUT2D eigenvalue weighted by atomic mass is 35.5. The summed E-state index contributed by atoms with van der Waals surface area (Å²) in [5, 5.41) is 4.59. The Bertz CT molecular complexity index is 871. The summed E-state index contributed by atoms with van der Waals surface area (Å²) in [6.07, 6.45) is 3.76. The van der Waals surface area contributed by atoms with Gasteiger partial charge in [-0.3, -0.25) is 9.69 Å². The van der Waals surface area contributed by atoms with Crippen LogP contribution in [0.1, 0.15) is 36.1 Å². The van der Waals surface area contributed by atoms with Gasteiger partial charge in [-0.25, -0.2) is 4.98 Å². The minimum atomic E-state index is 0.0708. The Hall–Kier alpha value is -1.83. The number of aryl methyl sites for hydroxylation is 1. The number of anilines is 2. The van der Waals surface area contributed by atoms with E-state index in [9.17, 15) is 4.79 Å². The maximum Gasteiger partial charge on any atom is 0.224 e. The first-order valence-corrected chi connectivity index (χ1v) is 11.5. The molecule has 30 heavy (non-hydrogen) atoms. The highest BCUT2D eigenvalue weighted by molar-refractivity contribution is 7.16. The number of likely N-dealkylation sites (tertiary alicyclic amines) is 1. The van der Waals surface area contributed by atoms with Gasteiger partial charge in [-0.1, -0.05) is 22.9 Å². The quantitative estimate of drug-likeness (QED) is 0.625. The summed E-state index contributed by atoms with van der Waals surface area (Å²) in [7, 11) is 5.60. The third-order valence-corrected chi connectivity index (χ3v) is 7.11. The first kappa shape index (κ1) is 22.8. The molecule has 1 saturated heterocycles. The fraction of sp³-hybridized carbons (Fsp3) is 0.545. The van der Waals surface area contributed by atoms with Gasteiger partial charge < -0.3 is 15.0 Å². The molecular weight excluding hydrogens is 420 g/mol. The van der Waals surface area contributed by atoms with Crippen LogP contribution in [0.25, 0.3) is 0 Å². The molecule has 0 aliphatic carbocycles. The maximum absolute atomic E-state index is 12.5. The van der Waals surface area contributed by atoms with Crippen molar-refractivity contribution in [3.8, 4) is 5.75 Å². The lowest BCUT2D eigenvalue weighted by atomic mass is 9.93. The number of nitrogens with zero attached hydrogens (tertiary/aromatic N) is 3. The molecule has 2 aromatic rings. The number of rotatable bonds is 8. The zero-order chi connectivity index (χ0) is 21.7. The van der Waals surface area contributed by atoms with Gasteiger partial charge in [-0.2, -0.15) is 0 Å². The van der Waals surface area contributed by atoms with Gasteiger partial charge in [0.25, 0.3) is 0 Å². The molecule has 164 valence electrons. The number of carbonyl (C=O) groups excluding carboxylic acids is 1. The number of amides is 1. The van der Waals surface area contributed by atoms with E-state index in [4.69, 9.17) is 16.3 Å². The summed E-state index contributed by atoms with van der Waals surface area (Å²) in [5.41, 5.74) is 1.85. The molecule has 1 unspecified atom stereocenters. The third kappa shape index (κ3) is 6.09. The molecule has 1 aromatic carbocycles. The van der Waals surface area contributed by atoms with Crippen molar-refractivity contribution < 1.29 is 9.53 Å². The van der Waals surface area contributed by atoms with Crippen molar-refractivity contribution in [2.45, 2.75) is 39.2 Å². The average molecular weight is 451 g/mol. The second-order valence-electron chi connectivity index (χ2n) is 8.12. The van der Waals surface area contributed by atoms with Gasteiger partial charge in [0.2, 0.25) is 5.91 Å². The topological polar surface area (TPSA) is 57.7 Å². The van der Waals surface area contributed by atoms with E-state index in [2.05, 4.69) is 15.2 Å². The molecule has 1 amide bonds. The van der Waals surface area contributed by atoms with Gasteiger partial charge in [0.05, 0.1) is 12.0 Å². The van der Waals surface area contributed by atoms with Gasteiger partial charge in [-0.15, -0.1) is 0 Å². The molecule has 0 radical (unpaired) electrons. The highest BCUT2D eigenvalue weighted by Crippen LogP contribution is 2.31. The Labute approximate surface area is 188 Å². The first-order chi connectivity index (χ1) is 14.4. The molecule has 1 fully saturated rings. The molecule has 1 aliphatic rings. The predicted octanol–water partition coefficient (Wildman–Crippen LogP) is 4.81. The molecule has 0 saturated carbocycles. The first-order valence-electron chi connectivity index (χ1n) is 10.3. The van der Waals surface area contributed by atoms with Crippen molar-refractivity contribution >= 4 is 39.7 Å². The summed E-state index contributed by atoms with van der Waals surface area (Å²) >= 11 is 8.00. The molecule has 1 aromatic heterocycles. The molecule has 2 heterocycles. The number of hydrogen-bond donors (Lipinski definition) is 1. The molecule has 1 N–H and O–H groups in total. The number of halogens is 1. The SMILES string of the molecule is COc1ccc(NC(=O)CCC2CCCN(Cc3sc(N(C)C)nc3Cl)C2)c(C)c1. The number of aromatic nitrogens is 1. The fourth-order valence-electron chi connectivity index (χ4n) is 3.80. The molecule has 0 spiro atoms. The van der Waals surface area contributed by atoms with Gasteiger partial charge in [0, 0.05) is 39.3 Å². The standard InChI is InChI=1S/C22H31ClN4O2S/c1-15-12-17(29-4)8-9-18(15)24-20(28)10-7-16-6-5-11-27(13-16)14-19-21(23)25-22(30-19)26(2)3/h8-9,12,16H,5-7,10-11,13-14H2,1-4H3,(H,24,28). The van der Waals surface area contributed by atoms with Crippen LogP contribution in [-0.2, 0) is 11.3 Å². The number of benzene rings is 1. The van der Waals surface area contributed by atoms with E-state index in [0.29, 0.717) is 17.5 Å². The largest absolute Gasteiger partial charge is 0.497 e. The van der Waals surface area contributed by atoms with E-state index in [-0.39, 0.29) is 5.91 Å². The lowest BCUT2D eigenvalue weighted by molar-refractivity contribution is -0.116. The van der Waals surface area contributed by atoms with Crippen molar-refractivity contribution in [1.82, 2.24) is 9.88 Å². The van der Waals surface area contributed by atoms with Crippen LogP contribution < -0.4 is 15.0 Å². The zero-order valence-electron chi connectivity index (χ0n) is 18.2. The molecule has 0 bridgehead atoms. The Balaban J connectivity index is 1.48. The van der Waals surface area contributed by atoms with E-state index in [0.717, 1.165) is 59.5 Å². The zero-order valence-corrected chi connectivity index (χ0v) is 19.8. The van der Waals surface area contributed by atoms with Gasteiger partial charge in [0.15, 0.2) is 5.13 Å². The number of nitrogens with one attached hydrogen (secondary N) is 1. The van der Waals surface area contributed by atoms with Crippen LogP contribution in [0, 0.1) is 12.8 Å². The van der Waals surface area contributed by atoms with Crippen LogP contribution in [-0.4, -0.2) is 50.1 Å². The van der Waals surface area contributed by atoms with Crippen LogP contribution in [0.15, 0.2) is 18.2 Å². The molecule has 1 atom stereocenters. The van der Waals surface area contributed by atoms with Gasteiger partial charge in [0.1, 0.15) is 10.9 Å².